The van der Waals surface area contributed by atoms with Gasteiger partial charge < -0.3 is 25.2 Å². The summed E-state index contributed by atoms with van der Waals surface area (Å²) in [5.74, 6) is -0.641. The van der Waals surface area contributed by atoms with E-state index in [0.717, 1.165) is 0 Å². The fourth-order valence-electron chi connectivity index (χ4n) is 2.09. The highest BCUT2D eigenvalue weighted by Crippen LogP contribution is 2.25. The van der Waals surface area contributed by atoms with Gasteiger partial charge in [0.2, 0.25) is 0 Å². The Bertz CT molecular complexity index is 434. The quantitative estimate of drug-likeness (QED) is 0.528. The lowest BCUT2D eigenvalue weighted by Crippen LogP contribution is -2.45. The largest absolute Gasteiger partial charge is 0.457 e. The van der Waals surface area contributed by atoms with Crippen molar-refractivity contribution in [2.75, 3.05) is 0 Å². The van der Waals surface area contributed by atoms with Gasteiger partial charge in [0.25, 0.3) is 0 Å². The predicted molar refractivity (Wildman–Crippen MR) is 63.9 cm³/mol. The number of carbonyl (C=O) groups excluding carboxylic acids is 1. The predicted octanol–water partition coefficient (Wildman–Crippen LogP) is -0.882. The molecule has 0 bridgehead atoms. The molecule has 6 nitrogen and oxygen atoms in total. The Morgan fingerprint density at radius 1 is 1.16 bits per heavy atom. The van der Waals surface area contributed by atoms with E-state index in [1.54, 1.807) is 30.3 Å². The molecular weight excluding hydrogens is 252 g/mol. The number of benzene rings is 1. The average molecular weight is 268 g/mol. The number of esters is 1. The molecule has 0 spiro atoms. The summed E-state index contributed by atoms with van der Waals surface area (Å²) in [6, 6.07) is 8.31. The number of aliphatic hydroxyl groups excluding tert-OH is 4. The van der Waals surface area contributed by atoms with Gasteiger partial charge in [-0.2, -0.15) is 0 Å². The van der Waals surface area contributed by atoms with Crippen molar-refractivity contribution >= 4 is 5.97 Å². The molecule has 0 saturated carbocycles. The molecule has 0 aliphatic carbocycles. The van der Waals surface area contributed by atoms with Crippen LogP contribution in [-0.4, -0.2) is 50.8 Å². The van der Waals surface area contributed by atoms with Gasteiger partial charge in [-0.25, -0.2) is 0 Å². The van der Waals surface area contributed by atoms with Crippen LogP contribution in [0, 0.1) is 0 Å². The molecule has 0 unspecified atom stereocenters. The number of carbonyl (C=O) groups is 1. The standard InChI is InChI=1S/C13H16O6/c14-8-6-9(15)19-13(8)12(18)11(17)10(16)7-4-2-1-3-5-7/h1-5,8,10-14,16-18H,6H2/t8-,10-,11-,12-,13+/m0/s1. The second-order valence-electron chi connectivity index (χ2n) is 4.56. The molecule has 2 rings (SSSR count). The van der Waals surface area contributed by atoms with Crippen LogP contribution < -0.4 is 0 Å². The van der Waals surface area contributed by atoms with Crippen LogP contribution in [0.2, 0.25) is 0 Å². The van der Waals surface area contributed by atoms with Crippen LogP contribution in [0.4, 0.5) is 0 Å². The van der Waals surface area contributed by atoms with Gasteiger partial charge in [0, 0.05) is 0 Å². The maximum absolute atomic E-state index is 11.0. The molecule has 104 valence electrons. The maximum atomic E-state index is 11.0. The van der Waals surface area contributed by atoms with Crippen molar-refractivity contribution in [3.05, 3.63) is 35.9 Å². The normalized spacial score (nSPS) is 27.7. The molecule has 19 heavy (non-hydrogen) atoms. The van der Waals surface area contributed by atoms with E-state index >= 15 is 0 Å². The first-order chi connectivity index (χ1) is 9.00. The van der Waals surface area contributed by atoms with Gasteiger partial charge in [0.1, 0.15) is 24.4 Å². The minimum Gasteiger partial charge on any atom is -0.457 e. The highest BCUT2D eigenvalue weighted by Gasteiger charge is 2.43. The van der Waals surface area contributed by atoms with Crippen LogP contribution in [0.25, 0.3) is 0 Å². The molecule has 1 aromatic carbocycles. The number of hydrogen-bond donors (Lipinski definition) is 4. The molecule has 0 amide bonds. The van der Waals surface area contributed by atoms with Crippen molar-refractivity contribution in [3.63, 3.8) is 0 Å². The van der Waals surface area contributed by atoms with Gasteiger partial charge in [-0.05, 0) is 5.56 Å². The van der Waals surface area contributed by atoms with Crippen LogP contribution in [-0.2, 0) is 9.53 Å². The number of hydrogen-bond acceptors (Lipinski definition) is 6. The Labute approximate surface area is 109 Å². The van der Waals surface area contributed by atoms with Crippen LogP contribution in [0.15, 0.2) is 30.3 Å². The minimum absolute atomic E-state index is 0.226. The Hall–Kier alpha value is -1.47. The third-order valence-electron chi connectivity index (χ3n) is 3.17. The van der Waals surface area contributed by atoms with Gasteiger partial charge >= 0.3 is 5.97 Å². The highest BCUT2D eigenvalue weighted by atomic mass is 16.6. The van der Waals surface area contributed by atoms with Gasteiger partial charge in [-0.3, -0.25) is 4.79 Å². The molecule has 1 aromatic rings. The van der Waals surface area contributed by atoms with Gasteiger partial charge in [0.05, 0.1) is 6.42 Å². The molecule has 1 aliphatic rings. The van der Waals surface area contributed by atoms with Crippen LogP contribution in [0.1, 0.15) is 18.1 Å². The molecule has 1 fully saturated rings. The Morgan fingerprint density at radius 2 is 1.79 bits per heavy atom. The fourth-order valence-corrected chi connectivity index (χ4v) is 2.09. The van der Waals surface area contributed by atoms with E-state index < -0.39 is 36.5 Å². The molecule has 1 aliphatic heterocycles. The molecule has 5 atom stereocenters. The fraction of sp³-hybridized carbons (Fsp3) is 0.462. The van der Waals surface area contributed by atoms with Crippen molar-refractivity contribution in [3.8, 4) is 0 Å². The lowest BCUT2D eigenvalue weighted by atomic mass is 9.95. The summed E-state index contributed by atoms with van der Waals surface area (Å²) >= 11 is 0. The average Bonchev–Trinajstić information content (AvgIpc) is 2.76. The van der Waals surface area contributed by atoms with E-state index in [4.69, 9.17) is 4.74 Å². The zero-order valence-electron chi connectivity index (χ0n) is 10.1. The lowest BCUT2D eigenvalue weighted by molar-refractivity contribution is -0.157. The second-order valence-corrected chi connectivity index (χ2v) is 4.56. The number of rotatable bonds is 4. The smallest absolute Gasteiger partial charge is 0.309 e. The van der Waals surface area contributed by atoms with E-state index in [0.29, 0.717) is 5.56 Å². The molecule has 1 heterocycles. The van der Waals surface area contributed by atoms with Crippen molar-refractivity contribution < 1.29 is 30.0 Å². The maximum Gasteiger partial charge on any atom is 0.309 e. The van der Waals surface area contributed by atoms with Crippen LogP contribution in [0.5, 0.6) is 0 Å². The Balaban J connectivity index is 2.07. The topological polar surface area (TPSA) is 107 Å². The number of cyclic esters (lactones) is 1. The third kappa shape index (κ3) is 2.93. The van der Waals surface area contributed by atoms with E-state index in [1.165, 1.54) is 0 Å². The summed E-state index contributed by atoms with van der Waals surface area (Å²) in [5, 5.41) is 39.3. The molecule has 6 heteroatoms. The zero-order valence-corrected chi connectivity index (χ0v) is 10.1. The SMILES string of the molecule is O=C1C[C@H](O)[C@H]([C@@H](O)[C@@H](O)[C@@H](O)c2ccccc2)O1. The lowest BCUT2D eigenvalue weighted by Gasteiger charge is -2.27. The van der Waals surface area contributed by atoms with Crippen molar-refractivity contribution in [1.82, 2.24) is 0 Å². The van der Waals surface area contributed by atoms with E-state index in [-0.39, 0.29) is 6.42 Å². The molecule has 1 saturated heterocycles. The van der Waals surface area contributed by atoms with E-state index in [9.17, 15) is 25.2 Å². The Kier molecular flexibility index (Phi) is 4.16. The second kappa shape index (κ2) is 5.66. The number of aliphatic hydroxyl groups is 4. The summed E-state index contributed by atoms with van der Waals surface area (Å²) in [5.41, 5.74) is 0.424. The first-order valence-corrected chi connectivity index (χ1v) is 5.97. The molecule has 4 N–H and O–H groups in total. The van der Waals surface area contributed by atoms with Crippen LogP contribution >= 0.6 is 0 Å². The molecular formula is C13H16O6. The van der Waals surface area contributed by atoms with Crippen molar-refractivity contribution in [1.29, 1.82) is 0 Å². The van der Waals surface area contributed by atoms with Gasteiger partial charge in [-0.15, -0.1) is 0 Å². The summed E-state index contributed by atoms with van der Waals surface area (Å²) in [6.45, 7) is 0. The minimum atomic E-state index is -1.56. The van der Waals surface area contributed by atoms with Gasteiger partial charge in [-0.1, -0.05) is 30.3 Å². The number of ether oxygens (including phenoxy) is 1. The van der Waals surface area contributed by atoms with Crippen molar-refractivity contribution in [2.24, 2.45) is 0 Å². The first kappa shape index (κ1) is 14.0. The third-order valence-corrected chi connectivity index (χ3v) is 3.17. The molecule has 0 radical (unpaired) electrons. The summed E-state index contributed by atoms with van der Waals surface area (Å²) in [6.07, 6.45) is -7.08. The first-order valence-electron chi connectivity index (χ1n) is 5.97. The van der Waals surface area contributed by atoms with Crippen molar-refractivity contribution in [2.45, 2.75) is 36.9 Å². The summed E-state index contributed by atoms with van der Waals surface area (Å²) in [4.78, 5) is 11.0. The monoisotopic (exact) mass is 268 g/mol. The van der Waals surface area contributed by atoms with E-state index in [2.05, 4.69) is 0 Å². The molecule has 0 aromatic heterocycles. The van der Waals surface area contributed by atoms with Gasteiger partial charge in [0.15, 0.2) is 6.10 Å². The highest BCUT2D eigenvalue weighted by molar-refractivity contribution is 5.72. The zero-order chi connectivity index (χ0) is 14.0. The van der Waals surface area contributed by atoms with E-state index in [1.807, 2.05) is 0 Å². The Morgan fingerprint density at radius 3 is 2.32 bits per heavy atom. The summed E-state index contributed by atoms with van der Waals surface area (Å²) < 4.78 is 4.73. The summed E-state index contributed by atoms with van der Waals surface area (Å²) in [7, 11) is 0. The van der Waals surface area contributed by atoms with Crippen LogP contribution in [0.3, 0.4) is 0 Å².